The Bertz CT molecular complexity index is 757. The number of nitrogens with one attached hydrogen (secondary N) is 2. The molecule has 0 atom stereocenters. The third-order valence-corrected chi connectivity index (χ3v) is 3.99. The lowest BCUT2D eigenvalue weighted by Gasteiger charge is -2.04. The van der Waals surface area contributed by atoms with Crippen LogP contribution in [-0.2, 0) is 0 Å². The fourth-order valence-corrected chi connectivity index (χ4v) is 2.88. The maximum Gasteiger partial charge on any atom is 0.267 e. The first kappa shape index (κ1) is 11.9. The quantitative estimate of drug-likeness (QED) is 0.749. The molecule has 4 nitrogen and oxygen atoms in total. The van der Waals surface area contributed by atoms with Gasteiger partial charge in [0.15, 0.2) is 0 Å². The predicted molar refractivity (Wildman–Crippen MR) is 77.8 cm³/mol. The van der Waals surface area contributed by atoms with Gasteiger partial charge in [0.1, 0.15) is 4.88 Å². The van der Waals surface area contributed by atoms with Gasteiger partial charge >= 0.3 is 0 Å². The lowest BCUT2D eigenvalue weighted by Crippen LogP contribution is -2.11. The molecule has 0 bridgehead atoms. The molecule has 19 heavy (non-hydrogen) atoms. The Balaban J connectivity index is 1.88. The summed E-state index contributed by atoms with van der Waals surface area (Å²) in [7, 11) is 0. The largest absolute Gasteiger partial charge is 0.361 e. The number of hydrogen-bond donors (Lipinski definition) is 2. The van der Waals surface area contributed by atoms with Crippen molar-refractivity contribution in [1.82, 2.24) is 9.97 Å². The van der Waals surface area contributed by atoms with Crippen molar-refractivity contribution >= 4 is 33.8 Å². The molecule has 0 spiro atoms. The number of nitrogens with zero attached hydrogens (tertiary/aromatic N) is 1. The molecule has 0 aliphatic rings. The molecule has 0 aliphatic carbocycles. The Morgan fingerprint density at radius 2 is 2.16 bits per heavy atom. The number of aromatic amines is 1. The monoisotopic (exact) mass is 271 g/mol. The number of carbonyl (C=O) groups is 1. The van der Waals surface area contributed by atoms with Gasteiger partial charge < -0.3 is 10.3 Å². The van der Waals surface area contributed by atoms with Gasteiger partial charge in [-0.05, 0) is 38.1 Å². The highest BCUT2D eigenvalue weighted by atomic mass is 32.1. The molecule has 2 aromatic heterocycles. The molecule has 0 radical (unpaired) electrons. The van der Waals surface area contributed by atoms with Crippen molar-refractivity contribution in [3.8, 4) is 0 Å². The Kier molecular flexibility index (Phi) is 2.83. The molecular formula is C14H13N3OS. The van der Waals surface area contributed by atoms with Crippen LogP contribution >= 0.6 is 11.3 Å². The van der Waals surface area contributed by atoms with Gasteiger partial charge in [0.25, 0.3) is 5.91 Å². The molecule has 0 aliphatic heterocycles. The lowest BCUT2D eigenvalue weighted by molar-refractivity contribution is 0.103. The zero-order valence-electron chi connectivity index (χ0n) is 10.7. The van der Waals surface area contributed by atoms with Crippen molar-refractivity contribution in [3.05, 3.63) is 46.0 Å². The molecule has 0 saturated heterocycles. The zero-order valence-corrected chi connectivity index (χ0v) is 11.5. The molecule has 1 aromatic carbocycles. The Labute approximate surface area is 114 Å². The molecule has 3 rings (SSSR count). The number of benzene rings is 1. The van der Waals surface area contributed by atoms with Crippen LogP contribution in [0.2, 0.25) is 0 Å². The van der Waals surface area contributed by atoms with E-state index in [1.807, 2.05) is 44.3 Å². The van der Waals surface area contributed by atoms with Crippen LogP contribution in [-0.4, -0.2) is 15.9 Å². The van der Waals surface area contributed by atoms with Crippen LogP contribution in [0.5, 0.6) is 0 Å². The SMILES string of the molecule is Cc1nc(C)c(C(=O)Nc2ccc3[nH]ccc3c2)s1. The summed E-state index contributed by atoms with van der Waals surface area (Å²) in [6.45, 7) is 3.76. The first-order valence-corrected chi connectivity index (χ1v) is 6.77. The van der Waals surface area contributed by atoms with Crippen LogP contribution in [0.25, 0.3) is 10.9 Å². The van der Waals surface area contributed by atoms with Crippen molar-refractivity contribution in [2.24, 2.45) is 0 Å². The number of amides is 1. The first-order chi connectivity index (χ1) is 9.13. The molecule has 1 amide bonds. The maximum absolute atomic E-state index is 12.2. The summed E-state index contributed by atoms with van der Waals surface area (Å²) in [6.07, 6.45) is 1.88. The van der Waals surface area contributed by atoms with E-state index >= 15 is 0 Å². The Morgan fingerprint density at radius 1 is 1.32 bits per heavy atom. The van der Waals surface area contributed by atoms with Gasteiger partial charge in [-0.15, -0.1) is 11.3 Å². The molecular weight excluding hydrogens is 258 g/mol. The number of fused-ring (bicyclic) bond motifs is 1. The molecule has 5 heteroatoms. The zero-order chi connectivity index (χ0) is 13.4. The van der Waals surface area contributed by atoms with Crippen molar-refractivity contribution in [3.63, 3.8) is 0 Å². The number of anilines is 1. The summed E-state index contributed by atoms with van der Waals surface area (Å²) in [5, 5.41) is 4.90. The summed E-state index contributed by atoms with van der Waals surface area (Å²) < 4.78 is 0. The smallest absolute Gasteiger partial charge is 0.267 e. The van der Waals surface area contributed by atoms with Gasteiger partial charge in [0, 0.05) is 22.8 Å². The number of aromatic nitrogens is 2. The van der Waals surface area contributed by atoms with Crippen LogP contribution in [0.4, 0.5) is 5.69 Å². The summed E-state index contributed by atoms with van der Waals surface area (Å²) in [5.41, 5.74) is 2.63. The van der Waals surface area contributed by atoms with Crippen molar-refractivity contribution in [1.29, 1.82) is 0 Å². The van der Waals surface area contributed by atoms with Gasteiger partial charge in [-0.2, -0.15) is 0 Å². The van der Waals surface area contributed by atoms with Gasteiger partial charge in [0.2, 0.25) is 0 Å². The first-order valence-electron chi connectivity index (χ1n) is 5.96. The van der Waals surface area contributed by atoms with E-state index in [2.05, 4.69) is 15.3 Å². The predicted octanol–water partition coefficient (Wildman–Crippen LogP) is 3.49. The maximum atomic E-state index is 12.2. The van der Waals surface area contributed by atoms with E-state index in [1.54, 1.807) is 0 Å². The highest BCUT2D eigenvalue weighted by molar-refractivity contribution is 7.13. The number of thiazole rings is 1. The number of aryl methyl sites for hydroxylation is 2. The fourth-order valence-electron chi connectivity index (χ4n) is 2.06. The van der Waals surface area contributed by atoms with E-state index in [1.165, 1.54) is 11.3 Å². The van der Waals surface area contributed by atoms with Crippen LogP contribution < -0.4 is 5.32 Å². The van der Waals surface area contributed by atoms with Crippen molar-refractivity contribution in [2.75, 3.05) is 5.32 Å². The normalized spacial score (nSPS) is 10.8. The van der Waals surface area contributed by atoms with E-state index in [-0.39, 0.29) is 5.91 Å². The van der Waals surface area contributed by atoms with E-state index in [9.17, 15) is 4.79 Å². The minimum Gasteiger partial charge on any atom is -0.361 e. The Hall–Kier alpha value is -2.14. The molecule has 96 valence electrons. The van der Waals surface area contributed by atoms with Crippen LogP contribution in [0.15, 0.2) is 30.5 Å². The summed E-state index contributed by atoms with van der Waals surface area (Å²) in [5.74, 6) is -0.0991. The van der Waals surface area contributed by atoms with Crippen molar-refractivity contribution in [2.45, 2.75) is 13.8 Å². The number of hydrogen-bond acceptors (Lipinski definition) is 3. The lowest BCUT2D eigenvalue weighted by atomic mass is 10.2. The van der Waals surface area contributed by atoms with E-state index in [4.69, 9.17) is 0 Å². The van der Waals surface area contributed by atoms with Gasteiger partial charge in [0.05, 0.1) is 10.7 Å². The molecule has 3 aromatic rings. The second kappa shape index (κ2) is 4.51. The van der Waals surface area contributed by atoms with Crippen LogP contribution in [0.1, 0.15) is 20.4 Å². The number of H-pyrrole nitrogens is 1. The highest BCUT2D eigenvalue weighted by Crippen LogP contribution is 2.21. The second-order valence-corrected chi connectivity index (χ2v) is 5.58. The Morgan fingerprint density at radius 3 is 2.89 bits per heavy atom. The summed E-state index contributed by atoms with van der Waals surface area (Å²) in [4.78, 5) is 20.2. The van der Waals surface area contributed by atoms with Crippen LogP contribution in [0.3, 0.4) is 0 Å². The minimum atomic E-state index is -0.0991. The molecule has 2 N–H and O–H groups in total. The third kappa shape index (κ3) is 2.24. The third-order valence-electron chi connectivity index (χ3n) is 2.92. The molecule has 0 saturated carbocycles. The van der Waals surface area contributed by atoms with Gasteiger partial charge in [-0.3, -0.25) is 4.79 Å². The molecule has 2 heterocycles. The van der Waals surface area contributed by atoms with Gasteiger partial charge in [-0.25, -0.2) is 4.98 Å². The molecule has 0 fully saturated rings. The number of carbonyl (C=O) groups excluding carboxylic acids is 1. The van der Waals surface area contributed by atoms with E-state index in [0.717, 1.165) is 27.3 Å². The summed E-state index contributed by atoms with van der Waals surface area (Å²) in [6, 6.07) is 7.77. The van der Waals surface area contributed by atoms with Gasteiger partial charge in [-0.1, -0.05) is 0 Å². The second-order valence-electron chi connectivity index (χ2n) is 4.38. The average molecular weight is 271 g/mol. The topological polar surface area (TPSA) is 57.8 Å². The average Bonchev–Trinajstić information content (AvgIpc) is 2.94. The number of rotatable bonds is 2. The molecule has 0 unspecified atom stereocenters. The standard InChI is InChI=1S/C14H13N3OS/c1-8-13(19-9(2)16-8)14(18)17-11-3-4-12-10(7-11)5-6-15-12/h3-7,15H,1-2H3,(H,17,18). The minimum absolute atomic E-state index is 0.0991. The fraction of sp³-hybridized carbons (Fsp3) is 0.143. The van der Waals surface area contributed by atoms with Crippen LogP contribution in [0, 0.1) is 13.8 Å². The highest BCUT2D eigenvalue weighted by Gasteiger charge is 2.13. The van der Waals surface area contributed by atoms with E-state index in [0.29, 0.717) is 4.88 Å². The van der Waals surface area contributed by atoms with E-state index < -0.39 is 0 Å². The summed E-state index contributed by atoms with van der Waals surface area (Å²) >= 11 is 1.42. The van der Waals surface area contributed by atoms with Crippen molar-refractivity contribution < 1.29 is 4.79 Å².